The van der Waals surface area contributed by atoms with Gasteiger partial charge in [0.15, 0.2) is 5.82 Å². The van der Waals surface area contributed by atoms with Crippen LogP contribution in [-0.2, 0) is 24.3 Å². The molecule has 2 aliphatic rings. The molecule has 0 radical (unpaired) electrons. The van der Waals surface area contributed by atoms with Gasteiger partial charge < -0.3 is 14.8 Å². The molecule has 1 fully saturated rings. The van der Waals surface area contributed by atoms with Gasteiger partial charge in [-0.15, -0.1) is 10.2 Å². The molecule has 2 amide bonds. The lowest BCUT2D eigenvalue weighted by Gasteiger charge is -2.24. The van der Waals surface area contributed by atoms with Crippen LogP contribution in [0, 0.1) is 0 Å². The van der Waals surface area contributed by atoms with Gasteiger partial charge in [-0.3, -0.25) is 9.59 Å². The summed E-state index contributed by atoms with van der Waals surface area (Å²) in [6, 6.07) is 6.82. The number of amides is 2. The fourth-order valence-electron chi connectivity index (χ4n) is 4.00. The van der Waals surface area contributed by atoms with Crippen LogP contribution in [0.4, 0.5) is 0 Å². The van der Waals surface area contributed by atoms with Crippen LogP contribution in [0.3, 0.4) is 0 Å². The van der Waals surface area contributed by atoms with Crippen LogP contribution in [0.15, 0.2) is 28.7 Å². The Balaban J connectivity index is 1.41. The minimum Gasteiger partial charge on any atom is -0.347 e. The van der Waals surface area contributed by atoms with Gasteiger partial charge in [-0.1, -0.05) is 22.4 Å². The summed E-state index contributed by atoms with van der Waals surface area (Å²) < 4.78 is 3.05. The Kier molecular flexibility index (Phi) is 5.75. The topological polar surface area (TPSA) is 80.1 Å². The van der Waals surface area contributed by atoms with E-state index < -0.39 is 6.04 Å². The molecule has 1 aromatic carbocycles. The number of rotatable bonds is 4. The van der Waals surface area contributed by atoms with Crippen LogP contribution in [0.1, 0.15) is 54.1 Å². The van der Waals surface area contributed by atoms with Gasteiger partial charge in [0.05, 0.1) is 6.54 Å². The Labute approximate surface area is 172 Å². The van der Waals surface area contributed by atoms with E-state index in [1.54, 1.807) is 17.0 Å². The summed E-state index contributed by atoms with van der Waals surface area (Å²) in [6.45, 7) is 1.86. The average molecular weight is 446 g/mol. The van der Waals surface area contributed by atoms with Crippen molar-refractivity contribution in [2.24, 2.45) is 0 Å². The van der Waals surface area contributed by atoms with Gasteiger partial charge >= 0.3 is 0 Å². The largest absolute Gasteiger partial charge is 0.347 e. The number of nitrogens with one attached hydrogen (secondary N) is 1. The van der Waals surface area contributed by atoms with E-state index in [9.17, 15) is 9.59 Å². The third-order valence-corrected chi connectivity index (χ3v) is 6.04. The van der Waals surface area contributed by atoms with Crippen molar-refractivity contribution >= 4 is 27.7 Å². The quantitative estimate of drug-likeness (QED) is 0.784. The molecule has 0 spiro atoms. The number of fused-ring (bicyclic) bond motifs is 1. The lowest BCUT2D eigenvalue weighted by Crippen LogP contribution is -2.46. The number of aromatic nitrogens is 3. The van der Waals surface area contributed by atoms with Crippen LogP contribution in [0.2, 0.25) is 0 Å². The van der Waals surface area contributed by atoms with E-state index in [2.05, 4.69) is 36.0 Å². The van der Waals surface area contributed by atoms with Gasteiger partial charge in [0.1, 0.15) is 11.9 Å². The molecule has 4 rings (SSSR count). The van der Waals surface area contributed by atoms with Crippen molar-refractivity contribution in [3.8, 4) is 0 Å². The molecule has 1 N–H and O–H groups in total. The first-order chi connectivity index (χ1) is 13.6. The lowest BCUT2D eigenvalue weighted by molar-refractivity contribution is -0.125. The third-order valence-electron chi connectivity index (χ3n) is 5.51. The molecule has 1 aromatic heterocycles. The summed E-state index contributed by atoms with van der Waals surface area (Å²) in [6.07, 6.45) is 5.92. The van der Waals surface area contributed by atoms with Crippen molar-refractivity contribution in [3.63, 3.8) is 0 Å². The van der Waals surface area contributed by atoms with Crippen LogP contribution in [0.25, 0.3) is 0 Å². The van der Waals surface area contributed by atoms with Gasteiger partial charge in [-0.2, -0.15) is 0 Å². The van der Waals surface area contributed by atoms with E-state index >= 15 is 0 Å². The minimum atomic E-state index is -0.428. The molecule has 0 bridgehead atoms. The lowest BCUT2D eigenvalue weighted by atomic mass is 10.1. The molecular weight excluding hydrogens is 422 g/mol. The van der Waals surface area contributed by atoms with Gasteiger partial charge in [0.25, 0.3) is 5.91 Å². The highest BCUT2D eigenvalue weighted by atomic mass is 79.9. The monoisotopic (exact) mass is 445 g/mol. The molecule has 0 aliphatic carbocycles. The molecular formula is C20H24BrN5O2. The van der Waals surface area contributed by atoms with Crippen LogP contribution < -0.4 is 5.32 Å². The Morgan fingerprint density at radius 3 is 2.71 bits per heavy atom. The van der Waals surface area contributed by atoms with Crippen LogP contribution in [0.5, 0.6) is 0 Å². The van der Waals surface area contributed by atoms with Crippen molar-refractivity contribution in [3.05, 3.63) is 46.0 Å². The second-order valence-electron chi connectivity index (χ2n) is 7.38. The number of carbonyl (C=O) groups is 2. The van der Waals surface area contributed by atoms with Crippen molar-refractivity contribution in [2.75, 3.05) is 6.54 Å². The van der Waals surface area contributed by atoms with Gasteiger partial charge in [0, 0.05) is 29.5 Å². The highest BCUT2D eigenvalue weighted by Crippen LogP contribution is 2.22. The number of halogens is 1. The zero-order chi connectivity index (χ0) is 19.5. The zero-order valence-electron chi connectivity index (χ0n) is 15.7. The van der Waals surface area contributed by atoms with E-state index in [0.717, 1.165) is 48.3 Å². The average Bonchev–Trinajstić information content (AvgIpc) is 3.27. The molecule has 7 nitrogen and oxygen atoms in total. The maximum absolute atomic E-state index is 12.8. The standard InChI is InChI=1S/C20H24BrN5O2/c21-15-9-7-14(8-10-15)20(28)25-12-4-5-16(25)19(27)22-13-18-24-23-17-6-2-1-3-11-26(17)18/h7-10,16H,1-6,11-13H2,(H,22,27). The molecule has 1 unspecified atom stereocenters. The third kappa shape index (κ3) is 3.97. The van der Waals surface area contributed by atoms with Crippen molar-refractivity contribution in [2.45, 2.75) is 57.7 Å². The van der Waals surface area contributed by atoms with Gasteiger partial charge in [0.2, 0.25) is 5.91 Å². The second kappa shape index (κ2) is 8.43. The number of carbonyl (C=O) groups excluding carboxylic acids is 2. The summed E-state index contributed by atoms with van der Waals surface area (Å²) in [5, 5.41) is 11.5. The molecule has 2 aromatic rings. The highest BCUT2D eigenvalue weighted by Gasteiger charge is 2.34. The summed E-state index contributed by atoms with van der Waals surface area (Å²) in [7, 11) is 0. The van der Waals surface area contributed by atoms with Gasteiger partial charge in [-0.05, 0) is 49.9 Å². The van der Waals surface area contributed by atoms with E-state index in [1.165, 1.54) is 6.42 Å². The van der Waals surface area contributed by atoms with E-state index in [1.807, 2.05) is 12.1 Å². The maximum Gasteiger partial charge on any atom is 0.254 e. The molecule has 3 heterocycles. The molecule has 28 heavy (non-hydrogen) atoms. The highest BCUT2D eigenvalue weighted by molar-refractivity contribution is 9.10. The van der Waals surface area contributed by atoms with Crippen molar-refractivity contribution in [1.29, 1.82) is 0 Å². The van der Waals surface area contributed by atoms with Crippen molar-refractivity contribution in [1.82, 2.24) is 25.0 Å². The Morgan fingerprint density at radius 2 is 1.89 bits per heavy atom. The molecule has 1 saturated heterocycles. The number of hydrogen-bond acceptors (Lipinski definition) is 4. The first-order valence-electron chi connectivity index (χ1n) is 9.88. The fraction of sp³-hybridized carbons (Fsp3) is 0.500. The van der Waals surface area contributed by atoms with E-state index in [0.29, 0.717) is 25.1 Å². The molecule has 1 atom stereocenters. The second-order valence-corrected chi connectivity index (χ2v) is 8.29. The van der Waals surface area contributed by atoms with E-state index in [-0.39, 0.29) is 11.8 Å². The summed E-state index contributed by atoms with van der Waals surface area (Å²) >= 11 is 3.38. The van der Waals surface area contributed by atoms with E-state index in [4.69, 9.17) is 0 Å². The number of aryl methyl sites for hydroxylation is 1. The molecule has 2 aliphatic heterocycles. The molecule has 8 heteroatoms. The number of likely N-dealkylation sites (tertiary alicyclic amines) is 1. The summed E-state index contributed by atoms with van der Waals surface area (Å²) in [5.41, 5.74) is 0.602. The van der Waals surface area contributed by atoms with Crippen LogP contribution >= 0.6 is 15.9 Å². The Hall–Kier alpha value is -2.22. The minimum absolute atomic E-state index is 0.0958. The first-order valence-corrected chi connectivity index (χ1v) is 10.7. The van der Waals surface area contributed by atoms with Crippen LogP contribution in [-0.4, -0.2) is 44.1 Å². The maximum atomic E-state index is 12.8. The summed E-state index contributed by atoms with van der Waals surface area (Å²) in [4.78, 5) is 27.3. The molecule has 148 valence electrons. The predicted molar refractivity (Wildman–Crippen MR) is 108 cm³/mol. The predicted octanol–water partition coefficient (Wildman–Crippen LogP) is 2.69. The Bertz CT molecular complexity index is 864. The fourth-order valence-corrected chi connectivity index (χ4v) is 4.27. The van der Waals surface area contributed by atoms with Crippen molar-refractivity contribution < 1.29 is 9.59 Å². The Morgan fingerprint density at radius 1 is 1.07 bits per heavy atom. The normalized spacial score (nSPS) is 19.2. The number of hydrogen-bond donors (Lipinski definition) is 1. The first kappa shape index (κ1) is 19.1. The number of benzene rings is 1. The van der Waals surface area contributed by atoms with Gasteiger partial charge in [-0.25, -0.2) is 0 Å². The molecule has 0 saturated carbocycles. The summed E-state index contributed by atoms with van der Waals surface area (Å²) in [5.74, 6) is 1.60. The number of nitrogens with zero attached hydrogens (tertiary/aromatic N) is 4. The zero-order valence-corrected chi connectivity index (χ0v) is 17.3. The SMILES string of the molecule is O=C(NCc1nnc2n1CCCCC2)C1CCCN1C(=O)c1ccc(Br)cc1. The smallest absolute Gasteiger partial charge is 0.254 e.